The molecule has 8 N–H and O–H groups in total. The number of carbonyl (C=O) groups excluding carboxylic acids is 1. The lowest BCUT2D eigenvalue weighted by Crippen LogP contribution is -2.20. The molecular formula is C31H60N6O3. The van der Waals surface area contributed by atoms with E-state index in [2.05, 4.69) is 31.4 Å². The lowest BCUT2D eigenvalue weighted by molar-refractivity contribution is 0.0962. The summed E-state index contributed by atoms with van der Waals surface area (Å²) in [6.07, 6.45) is 13.5. The molecule has 1 rings (SSSR count). The van der Waals surface area contributed by atoms with Gasteiger partial charge in [0, 0.05) is 50.5 Å². The molecule has 1 amide bonds. The van der Waals surface area contributed by atoms with Crippen molar-refractivity contribution in [3.8, 4) is 11.5 Å². The van der Waals surface area contributed by atoms with Crippen LogP contribution < -0.4 is 37.4 Å². The Hall–Kier alpha value is -3.07. The number of benzene rings is 1. The summed E-state index contributed by atoms with van der Waals surface area (Å²) in [4.78, 5) is 12.1. The highest BCUT2D eigenvalue weighted by atomic mass is 16.5. The van der Waals surface area contributed by atoms with Crippen molar-refractivity contribution < 1.29 is 14.3 Å². The largest absolute Gasteiger partial charge is 0.490 e. The molecule has 1 aromatic rings. The Kier molecular flexibility index (Phi) is 25.6. The van der Waals surface area contributed by atoms with Crippen LogP contribution in [0.3, 0.4) is 0 Å². The van der Waals surface area contributed by atoms with Crippen LogP contribution in [0.5, 0.6) is 11.5 Å². The Morgan fingerprint density at radius 1 is 0.900 bits per heavy atom. The smallest absolute Gasteiger partial charge is 0.251 e. The van der Waals surface area contributed by atoms with Crippen LogP contribution in [0.15, 0.2) is 35.9 Å². The first-order valence-corrected chi connectivity index (χ1v) is 14.9. The molecule has 0 atom stereocenters. The van der Waals surface area contributed by atoms with Gasteiger partial charge in [-0.15, -0.1) is 0 Å². The summed E-state index contributed by atoms with van der Waals surface area (Å²) in [5.41, 5.74) is 14.8. The first-order valence-electron chi connectivity index (χ1n) is 14.9. The van der Waals surface area contributed by atoms with Gasteiger partial charge in [0.15, 0.2) is 11.5 Å². The second-order valence-corrected chi connectivity index (χ2v) is 9.28. The van der Waals surface area contributed by atoms with E-state index in [1.165, 1.54) is 24.3 Å². The number of ether oxygens (including phenoxy) is 2. The Bertz CT molecular complexity index is 841. The molecule has 0 radical (unpaired) electrons. The number of nitrogens with two attached hydrogens (primary N) is 3. The maximum Gasteiger partial charge on any atom is 0.251 e. The number of hydrazine groups is 1. The number of hydrogen-bond donors (Lipinski definition) is 5. The minimum Gasteiger partial charge on any atom is -0.490 e. The van der Waals surface area contributed by atoms with E-state index in [4.69, 9.17) is 26.8 Å². The predicted molar refractivity (Wildman–Crippen MR) is 170 cm³/mol. The van der Waals surface area contributed by atoms with Crippen molar-refractivity contribution in [2.75, 3.05) is 34.4 Å². The molecule has 0 bridgehead atoms. The minimum absolute atomic E-state index is 0.131. The van der Waals surface area contributed by atoms with E-state index in [9.17, 15) is 4.79 Å². The fraction of sp³-hybridized carbons (Fsp3) is 0.645. The molecule has 9 nitrogen and oxygen atoms in total. The van der Waals surface area contributed by atoms with Crippen molar-refractivity contribution in [3.63, 3.8) is 0 Å². The number of rotatable bonds is 18. The molecule has 0 aliphatic carbocycles. The van der Waals surface area contributed by atoms with Crippen molar-refractivity contribution in [1.82, 2.24) is 15.6 Å². The molecule has 9 heteroatoms. The topological polar surface area (TPSA) is 141 Å². The van der Waals surface area contributed by atoms with Gasteiger partial charge in [0.1, 0.15) is 0 Å². The van der Waals surface area contributed by atoms with E-state index in [0.29, 0.717) is 24.5 Å². The summed E-state index contributed by atoms with van der Waals surface area (Å²) in [5, 5.41) is 7.03. The zero-order valence-corrected chi connectivity index (χ0v) is 26.7. The standard InChI is InChI=1S/C21H36N4O3.C8H18N2.C2H6/c1-5-9-16-13-17(21(26)24-3)14-19(20(16)28-11-6-2)27-12-8-7-10-18(22)15-25(4)23;1-3-4-5-6-8(9)7-10-2;1-2/h13-15H,5-12,22-23H2,1-4H3,(H,24,26);7,10H,3-6,9H2,1-2H3;1-2H3/b18-15-;8-7-;. The fourth-order valence-corrected chi connectivity index (χ4v) is 3.64. The molecule has 0 aliphatic rings. The van der Waals surface area contributed by atoms with Crippen LogP contribution in [0.1, 0.15) is 108 Å². The molecule has 0 aliphatic heterocycles. The van der Waals surface area contributed by atoms with Gasteiger partial charge in [-0.1, -0.05) is 53.9 Å². The molecule has 0 fully saturated rings. The van der Waals surface area contributed by atoms with Gasteiger partial charge >= 0.3 is 0 Å². The Labute approximate surface area is 244 Å². The van der Waals surface area contributed by atoms with Gasteiger partial charge in [0.05, 0.1) is 13.2 Å². The van der Waals surface area contributed by atoms with E-state index < -0.39 is 0 Å². The van der Waals surface area contributed by atoms with Crippen molar-refractivity contribution >= 4 is 5.91 Å². The van der Waals surface area contributed by atoms with Gasteiger partial charge in [0.25, 0.3) is 5.91 Å². The number of hydrogen-bond acceptors (Lipinski definition) is 8. The average molecular weight is 565 g/mol. The van der Waals surface area contributed by atoms with Crippen LogP contribution in [0.2, 0.25) is 0 Å². The van der Waals surface area contributed by atoms with Crippen molar-refractivity contribution in [2.24, 2.45) is 17.3 Å². The van der Waals surface area contributed by atoms with Crippen LogP contribution >= 0.6 is 0 Å². The summed E-state index contributed by atoms with van der Waals surface area (Å²) in [7, 11) is 5.23. The Morgan fingerprint density at radius 3 is 2.10 bits per heavy atom. The molecule has 0 saturated heterocycles. The lowest BCUT2D eigenvalue weighted by atomic mass is 10.0. The molecule has 0 unspecified atom stereocenters. The van der Waals surface area contributed by atoms with E-state index in [1.807, 2.05) is 33.2 Å². The first-order chi connectivity index (χ1) is 19.2. The summed E-state index contributed by atoms with van der Waals surface area (Å²) < 4.78 is 12.0. The number of carbonyl (C=O) groups is 1. The number of amides is 1. The molecule has 0 saturated carbocycles. The zero-order valence-electron chi connectivity index (χ0n) is 26.7. The van der Waals surface area contributed by atoms with Crippen molar-refractivity contribution in [2.45, 2.75) is 98.8 Å². The highest BCUT2D eigenvalue weighted by Gasteiger charge is 2.16. The van der Waals surface area contributed by atoms with Crippen molar-refractivity contribution in [1.29, 1.82) is 0 Å². The SMILES string of the molecule is CC.CCCCC/C(N)=C/NC.CCCOc1c(CCC)cc(C(=O)NC)cc1OCCCC/C(N)=C/N(C)N. The highest BCUT2D eigenvalue weighted by molar-refractivity contribution is 5.95. The third kappa shape index (κ3) is 19.1. The normalized spacial score (nSPS) is 10.9. The average Bonchev–Trinajstić information content (AvgIpc) is 2.93. The summed E-state index contributed by atoms with van der Waals surface area (Å²) in [6, 6.07) is 3.66. The number of nitrogens with one attached hydrogen (secondary N) is 2. The minimum atomic E-state index is -0.131. The number of unbranched alkanes of at least 4 members (excludes halogenated alkanes) is 3. The molecule has 0 aromatic heterocycles. The molecule has 1 aromatic carbocycles. The van der Waals surface area contributed by atoms with Gasteiger partial charge in [-0.3, -0.25) is 4.79 Å². The van der Waals surface area contributed by atoms with Gasteiger partial charge in [-0.2, -0.15) is 0 Å². The molecular weight excluding hydrogens is 504 g/mol. The quantitative estimate of drug-likeness (QED) is 0.0887. The molecule has 0 heterocycles. The third-order valence-electron chi connectivity index (χ3n) is 5.48. The summed E-state index contributed by atoms with van der Waals surface area (Å²) in [6.45, 7) is 11.5. The number of allylic oxidation sites excluding steroid dienone is 2. The molecule has 40 heavy (non-hydrogen) atoms. The predicted octanol–water partition coefficient (Wildman–Crippen LogP) is 5.55. The van der Waals surface area contributed by atoms with Crippen LogP contribution in [-0.4, -0.2) is 45.3 Å². The monoisotopic (exact) mass is 564 g/mol. The molecule has 232 valence electrons. The second-order valence-electron chi connectivity index (χ2n) is 9.28. The van der Waals surface area contributed by atoms with Crippen LogP contribution in [-0.2, 0) is 6.42 Å². The summed E-state index contributed by atoms with van der Waals surface area (Å²) >= 11 is 0. The van der Waals surface area contributed by atoms with E-state index in [-0.39, 0.29) is 5.91 Å². The lowest BCUT2D eigenvalue weighted by Gasteiger charge is -2.18. The van der Waals surface area contributed by atoms with Gasteiger partial charge in [-0.25, -0.2) is 5.84 Å². The maximum absolute atomic E-state index is 12.1. The molecule has 0 spiro atoms. The Balaban J connectivity index is 0. The van der Waals surface area contributed by atoms with Crippen LogP contribution in [0.4, 0.5) is 0 Å². The zero-order chi connectivity index (χ0) is 30.8. The van der Waals surface area contributed by atoms with Gasteiger partial charge < -0.3 is 36.6 Å². The number of nitrogens with zero attached hydrogens (tertiary/aromatic N) is 1. The third-order valence-corrected chi connectivity index (χ3v) is 5.48. The van der Waals surface area contributed by atoms with Crippen molar-refractivity contribution in [3.05, 3.63) is 47.1 Å². The fourth-order valence-electron chi connectivity index (χ4n) is 3.64. The van der Waals surface area contributed by atoms with E-state index >= 15 is 0 Å². The van der Waals surface area contributed by atoms with Gasteiger partial charge in [0.2, 0.25) is 0 Å². The Morgan fingerprint density at radius 2 is 1.55 bits per heavy atom. The highest BCUT2D eigenvalue weighted by Crippen LogP contribution is 2.34. The maximum atomic E-state index is 12.1. The first kappa shape index (κ1) is 39.1. The van der Waals surface area contributed by atoms with E-state index in [1.54, 1.807) is 26.4 Å². The van der Waals surface area contributed by atoms with Crippen LogP contribution in [0, 0.1) is 0 Å². The number of aryl methyl sites for hydroxylation is 1. The van der Waals surface area contributed by atoms with Crippen LogP contribution in [0.25, 0.3) is 0 Å². The second kappa shape index (κ2) is 26.2. The summed E-state index contributed by atoms with van der Waals surface area (Å²) in [5.74, 6) is 6.80. The van der Waals surface area contributed by atoms with E-state index in [0.717, 1.165) is 67.7 Å². The van der Waals surface area contributed by atoms with Gasteiger partial charge in [-0.05, 0) is 62.6 Å².